The normalized spacial score (nSPS) is 11.6. The predicted octanol–water partition coefficient (Wildman–Crippen LogP) is 3.28. The first-order chi connectivity index (χ1) is 9.29. The lowest BCUT2D eigenvalue weighted by Gasteiger charge is -2.07. The van der Waals surface area contributed by atoms with Crippen LogP contribution in [0.1, 0.15) is 5.56 Å². The standard InChI is InChI=1S/C13H10BrF2NO2S/c14-10-3-1-8(5-12(10)17)7-20(18,19)13-4-2-9(15)6-11(13)16/h1-6H,7,17H2. The summed E-state index contributed by atoms with van der Waals surface area (Å²) >= 11 is 3.20. The SMILES string of the molecule is Nc1cc(CS(=O)(=O)c2ccc(F)cc2F)ccc1Br. The minimum absolute atomic E-state index is 0.386. The topological polar surface area (TPSA) is 60.2 Å². The highest BCUT2D eigenvalue weighted by Crippen LogP contribution is 2.24. The van der Waals surface area contributed by atoms with Crippen molar-refractivity contribution in [3.63, 3.8) is 0 Å². The van der Waals surface area contributed by atoms with Crippen molar-refractivity contribution in [2.24, 2.45) is 0 Å². The second-order valence-electron chi connectivity index (χ2n) is 4.19. The average molecular weight is 362 g/mol. The summed E-state index contributed by atoms with van der Waals surface area (Å²) in [5, 5.41) is 0. The van der Waals surface area contributed by atoms with Crippen molar-refractivity contribution in [2.75, 3.05) is 5.73 Å². The van der Waals surface area contributed by atoms with Crippen molar-refractivity contribution in [1.82, 2.24) is 0 Å². The second kappa shape index (κ2) is 5.49. The van der Waals surface area contributed by atoms with Gasteiger partial charge in [-0.3, -0.25) is 0 Å². The molecule has 0 saturated carbocycles. The molecule has 0 atom stereocenters. The Labute approximate surface area is 123 Å². The molecule has 0 amide bonds. The molecule has 2 aromatic rings. The largest absolute Gasteiger partial charge is 0.398 e. The Morgan fingerprint density at radius 3 is 2.40 bits per heavy atom. The van der Waals surface area contributed by atoms with Crippen molar-refractivity contribution >= 4 is 31.5 Å². The predicted molar refractivity (Wildman–Crippen MR) is 75.8 cm³/mol. The zero-order valence-corrected chi connectivity index (χ0v) is 12.5. The van der Waals surface area contributed by atoms with Crippen LogP contribution in [0.3, 0.4) is 0 Å². The molecule has 2 N–H and O–H groups in total. The molecule has 3 nitrogen and oxygen atoms in total. The number of halogens is 3. The van der Waals surface area contributed by atoms with Crippen LogP contribution in [0.25, 0.3) is 0 Å². The molecular formula is C13H10BrF2NO2S. The Balaban J connectivity index is 2.38. The number of sulfone groups is 1. The first-order valence-corrected chi connectivity index (χ1v) is 7.96. The summed E-state index contributed by atoms with van der Waals surface area (Å²) in [4.78, 5) is -0.527. The highest BCUT2D eigenvalue weighted by atomic mass is 79.9. The van der Waals surface area contributed by atoms with Gasteiger partial charge in [-0.15, -0.1) is 0 Å². The number of benzene rings is 2. The van der Waals surface area contributed by atoms with Crippen LogP contribution in [0.2, 0.25) is 0 Å². The molecule has 2 aromatic carbocycles. The molecule has 0 spiro atoms. The summed E-state index contributed by atoms with van der Waals surface area (Å²) in [7, 11) is -3.90. The third kappa shape index (κ3) is 3.16. The van der Waals surface area contributed by atoms with E-state index in [0.29, 0.717) is 21.8 Å². The molecule has 0 saturated heterocycles. The van der Waals surface area contributed by atoms with Gasteiger partial charge in [0.05, 0.1) is 5.75 Å². The Kier molecular flexibility index (Phi) is 4.10. The molecule has 106 valence electrons. The van der Waals surface area contributed by atoms with Gasteiger partial charge in [-0.1, -0.05) is 6.07 Å². The van der Waals surface area contributed by atoms with E-state index in [1.807, 2.05) is 0 Å². The first-order valence-electron chi connectivity index (χ1n) is 5.51. The van der Waals surface area contributed by atoms with E-state index in [1.54, 1.807) is 12.1 Å². The molecule has 0 aliphatic carbocycles. The van der Waals surface area contributed by atoms with Gasteiger partial charge in [-0.25, -0.2) is 17.2 Å². The summed E-state index contributed by atoms with van der Waals surface area (Å²) in [5.41, 5.74) is 6.47. The van der Waals surface area contributed by atoms with Gasteiger partial charge in [0.25, 0.3) is 0 Å². The van der Waals surface area contributed by atoms with E-state index in [9.17, 15) is 17.2 Å². The van der Waals surface area contributed by atoms with Crippen LogP contribution in [0, 0.1) is 11.6 Å². The van der Waals surface area contributed by atoms with E-state index in [-0.39, 0.29) is 0 Å². The van der Waals surface area contributed by atoms with E-state index in [0.717, 1.165) is 12.1 Å². The van der Waals surface area contributed by atoms with Gasteiger partial charge in [-0.2, -0.15) is 0 Å². The van der Waals surface area contributed by atoms with E-state index in [1.165, 1.54) is 6.07 Å². The Hall–Kier alpha value is -1.47. The van der Waals surface area contributed by atoms with Crippen molar-refractivity contribution in [3.05, 3.63) is 58.1 Å². The van der Waals surface area contributed by atoms with Gasteiger partial charge in [0.2, 0.25) is 0 Å². The zero-order valence-electron chi connectivity index (χ0n) is 10.1. The molecule has 0 bridgehead atoms. The number of rotatable bonds is 3. The summed E-state index contributed by atoms with van der Waals surface area (Å²) in [6.45, 7) is 0. The molecule has 2 rings (SSSR count). The monoisotopic (exact) mass is 361 g/mol. The first kappa shape index (κ1) is 14.9. The lowest BCUT2D eigenvalue weighted by Crippen LogP contribution is -2.08. The summed E-state index contributed by atoms with van der Waals surface area (Å²) in [6.07, 6.45) is 0. The third-order valence-electron chi connectivity index (χ3n) is 2.65. The number of nitrogen functional groups attached to an aromatic ring is 1. The molecule has 0 heterocycles. The molecule has 20 heavy (non-hydrogen) atoms. The van der Waals surface area contributed by atoms with Gasteiger partial charge < -0.3 is 5.73 Å². The van der Waals surface area contributed by atoms with Crippen molar-refractivity contribution in [2.45, 2.75) is 10.6 Å². The zero-order chi connectivity index (χ0) is 14.9. The molecular weight excluding hydrogens is 352 g/mol. The Bertz CT molecular complexity index is 763. The molecule has 0 radical (unpaired) electrons. The van der Waals surface area contributed by atoms with E-state index in [4.69, 9.17) is 5.73 Å². The minimum Gasteiger partial charge on any atom is -0.398 e. The van der Waals surface area contributed by atoms with Crippen LogP contribution < -0.4 is 5.73 Å². The number of nitrogens with two attached hydrogens (primary N) is 1. The minimum atomic E-state index is -3.90. The Morgan fingerprint density at radius 1 is 1.10 bits per heavy atom. The van der Waals surface area contributed by atoms with Crippen LogP contribution in [-0.4, -0.2) is 8.42 Å². The number of hydrogen-bond acceptors (Lipinski definition) is 3. The average Bonchev–Trinajstić information content (AvgIpc) is 2.33. The number of hydrogen-bond donors (Lipinski definition) is 1. The lowest BCUT2D eigenvalue weighted by atomic mass is 10.2. The fourth-order valence-corrected chi connectivity index (χ4v) is 3.36. The molecule has 0 aliphatic heterocycles. The second-order valence-corrected chi connectivity index (χ2v) is 7.00. The van der Waals surface area contributed by atoms with Gasteiger partial charge in [-0.05, 0) is 45.8 Å². The summed E-state index contributed by atoms with van der Waals surface area (Å²) < 4.78 is 51.2. The van der Waals surface area contributed by atoms with Crippen molar-refractivity contribution in [1.29, 1.82) is 0 Å². The fourth-order valence-electron chi connectivity index (χ4n) is 1.71. The smallest absolute Gasteiger partial charge is 0.185 e. The highest BCUT2D eigenvalue weighted by molar-refractivity contribution is 9.10. The molecule has 0 fully saturated rings. The van der Waals surface area contributed by atoms with Crippen LogP contribution in [0.15, 0.2) is 45.8 Å². The van der Waals surface area contributed by atoms with Crippen LogP contribution >= 0.6 is 15.9 Å². The van der Waals surface area contributed by atoms with Gasteiger partial charge in [0, 0.05) is 16.2 Å². The quantitative estimate of drug-likeness (QED) is 0.673. The maximum atomic E-state index is 13.5. The van der Waals surface area contributed by atoms with Crippen molar-refractivity contribution < 1.29 is 17.2 Å². The van der Waals surface area contributed by atoms with Crippen molar-refractivity contribution in [3.8, 4) is 0 Å². The van der Waals surface area contributed by atoms with Gasteiger partial charge in [0.1, 0.15) is 16.5 Å². The van der Waals surface area contributed by atoms with E-state index < -0.39 is 32.1 Å². The molecule has 7 heteroatoms. The maximum Gasteiger partial charge on any atom is 0.185 e. The van der Waals surface area contributed by atoms with Crippen LogP contribution in [-0.2, 0) is 15.6 Å². The highest BCUT2D eigenvalue weighted by Gasteiger charge is 2.20. The third-order valence-corrected chi connectivity index (χ3v) is 5.08. The maximum absolute atomic E-state index is 13.5. The van der Waals surface area contributed by atoms with Crippen LogP contribution in [0.4, 0.5) is 14.5 Å². The van der Waals surface area contributed by atoms with Gasteiger partial charge in [0.15, 0.2) is 9.84 Å². The molecule has 0 aliphatic rings. The summed E-state index contributed by atoms with van der Waals surface area (Å²) in [6, 6.07) is 7.04. The van der Waals surface area contributed by atoms with Gasteiger partial charge >= 0.3 is 0 Å². The molecule has 0 aromatic heterocycles. The van der Waals surface area contributed by atoms with Crippen LogP contribution in [0.5, 0.6) is 0 Å². The lowest BCUT2D eigenvalue weighted by molar-refractivity contribution is 0.549. The fraction of sp³-hybridized carbons (Fsp3) is 0.0769. The van der Waals surface area contributed by atoms with E-state index in [2.05, 4.69) is 15.9 Å². The van der Waals surface area contributed by atoms with E-state index >= 15 is 0 Å². The number of anilines is 1. The Morgan fingerprint density at radius 2 is 1.80 bits per heavy atom. The molecule has 0 unspecified atom stereocenters. The summed E-state index contributed by atoms with van der Waals surface area (Å²) in [5.74, 6) is -2.34.